The number of aliphatic carboxylic acids is 1. The van der Waals surface area contributed by atoms with Crippen molar-refractivity contribution in [1.29, 1.82) is 0 Å². The minimum absolute atomic E-state index is 0.262. The molecule has 0 heterocycles. The summed E-state index contributed by atoms with van der Waals surface area (Å²) in [6.07, 6.45) is -1.15. The standard InChI is InChI=1S/C23H22O4/c24-21(22(25)26)23(19-12-6-2-7-13-19,20-14-8-3-9-15-20)27-17-16-18-10-4-1-5-11-18/h1-15,21,24H,16-17H2,(H,25,26). The number of hydrogen-bond donors (Lipinski definition) is 2. The van der Waals surface area contributed by atoms with E-state index >= 15 is 0 Å². The summed E-state index contributed by atoms with van der Waals surface area (Å²) in [7, 11) is 0. The quantitative estimate of drug-likeness (QED) is 0.642. The van der Waals surface area contributed by atoms with E-state index in [2.05, 4.69) is 0 Å². The Balaban J connectivity index is 2.02. The van der Waals surface area contributed by atoms with Gasteiger partial charge in [0.1, 0.15) is 0 Å². The zero-order valence-electron chi connectivity index (χ0n) is 14.9. The molecule has 1 unspecified atom stereocenters. The van der Waals surface area contributed by atoms with Gasteiger partial charge in [-0.05, 0) is 23.1 Å². The lowest BCUT2D eigenvalue weighted by molar-refractivity contribution is -0.167. The number of carboxylic acids is 1. The maximum absolute atomic E-state index is 11.8. The molecule has 2 N–H and O–H groups in total. The van der Waals surface area contributed by atoms with Gasteiger partial charge < -0.3 is 14.9 Å². The first-order chi connectivity index (χ1) is 13.1. The molecule has 0 radical (unpaired) electrons. The lowest BCUT2D eigenvalue weighted by atomic mass is 9.81. The van der Waals surface area contributed by atoms with Crippen LogP contribution in [-0.4, -0.2) is 28.9 Å². The van der Waals surface area contributed by atoms with Crippen LogP contribution in [0.25, 0.3) is 0 Å². The Morgan fingerprint density at radius 2 is 1.26 bits per heavy atom. The van der Waals surface area contributed by atoms with Gasteiger partial charge in [-0.25, -0.2) is 4.79 Å². The van der Waals surface area contributed by atoms with Crippen LogP contribution in [0, 0.1) is 0 Å². The molecule has 0 aliphatic carbocycles. The second-order valence-corrected chi connectivity index (χ2v) is 6.29. The Kier molecular flexibility index (Phi) is 6.01. The molecule has 0 amide bonds. The molecule has 3 aromatic carbocycles. The fraction of sp³-hybridized carbons (Fsp3) is 0.174. The number of benzene rings is 3. The van der Waals surface area contributed by atoms with Gasteiger partial charge in [0.05, 0.1) is 6.61 Å². The molecule has 1 atom stereocenters. The zero-order chi connectivity index (χ0) is 19.1. The van der Waals surface area contributed by atoms with Crippen molar-refractivity contribution in [2.24, 2.45) is 0 Å². The Hall–Kier alpha value is -2.95. The molecule has 0 saturated carbocycles. The molecule has 4 nitrogen and oxygen atoms in total. The number of carboxylic acid groups (broad SMARTS) is 1. The van der Waals surface area contributed by atoms with Crippen molar-refractivity contribution in [2.45, 2.75) is 18.1 Å². The molecule has 138 valence electrons. The summed E-state index contributed by atoms with van der Waals surface area (Å²) in [5.74, 6) is -1.33. The molecular formula is C23H22O4. The number of hydrogen-bond acceptors (Lipinski definition) is 3. The van der Waals surface area contributed by atoms with Gasteiger partial charge in [0.25, 0.3) is 0 Å². The van der Waals surface area contributed by atoms with Crippen LogP contribution in [0.1, 0.15) is 16.7 Å². The van der Waals surface area contributed by atoms with Crippen LogP contribution in [0.2, 0.25) is 0 Å². The number of aliphatic hydroxyl groups excluding tert-OH is 1. The molecule has 0 aromatic heterocycles. The second kappa shape index (κ2) is 8.62. The third kappa shape index (κ3) is 4.08. The highest BCUT2D eigenvalue weighted by Gasteiger charge is 2.46. The van der Waals surface area contributed by atoms with Crippen molar-refractivity contribution in [2.75, 3.05) is 6.61 Å². The highest BCUT2D eigenvalue weighted by Crippen LogP contribution is 2.37. The van der Waals surface area contributed by atoms with Crippen LogP contribution in [0.5, 0.6) is 0 Å². The molecular weight excluding hydrogens is 340 g/mol. The molecule has 3 aromatic rings. The minimum atomic E-state index is -1.75. The molecule has 0 aliphatic heterocycles. The van der Waals surface area contributed by atoms with Crippen molar-refractivity contribution in [3.05, 3.63) is 108 Å². The fourth-order valence-corrected chi connectivity index (χ4v) is 3.25. The van der Waals surface area contributed by atoms with E-state index in [0.29, 0.717) is 17.5 Å². The van der Waals surface area contributed by atoms with Gasteiger partial charge in [0, 0.05) is 0 Å². The first-order valence-corrected chi connectivity index (χ1v) is 8.84. The van der Waals surface area contributed by atoms with E-state index < -0.39 is 17.7 Å². The normalized spacial score (nSPS) is 12.5. The highest BCUT2D eigenvalue weighted by atomic mass is 16.5. The van der Waals surface area contributed by atoms with Gasteiger partial charge in [-0.1, -0.05) is 91.0 Å². The number of aliphatic hydroxyl groups is 1. The molecule has 0 bridgehead atoms. The summed E-state index contributed by atoms with van der Waals surface area (Å²) >= 11 is 0. The predicted molar refractivity (Wildman–Crippen MR) is 103 cm³/mol. The summed E-state index contributed by atoms with van der Waals surface area (Å²) in [6.45, 7) is 0.262. The fourth-order valence-electron chi connectivity index (χ4n) is 3.25. The number of ether oxygens (including phenoxy) is 1. The van der Waals surface area contributed by atoms with Crippen LogP contribution < -0.4 is 0 Å². The molecule has 0 fully saturated rings. The van der Waals surface area contributed by atoms with Gasteiger partial charge >= 0.3 is 5.97 Å². The van der Waals surface area contributed by atoms with Gasteiger partial charge in [0.15, 0.2) is 11.7 Å². The average Bonchev–Trinajstić information content (AvgIpc) is 2.73. The van der Waals surface area contributed by atoms with E-state index in [1.807, 2.05) is 66.7 Å². The van der Waals surface area contributed by atoms with Gasteiger partial charge in [-0.2, -0.15) is 0 Å². The van der Waals surface area contributed by atoms with E-state index in [1.54, 1.807) is 24.3 Å². The Morgan fingerprint density at radius 3 is 1.70 bits per heavy atom. The van der Waals surface area contributed by atoms with Crippen molar-refractivity contribution >= 4 is 5.97 Å². The summed E-state index contributed by atoms with van der Waals surface area (Å²) in [4.78, 5) is 11.8. The first-order valence-electron chi connectivity index (χ1n) is 8.84. The lowest BCUT2D eigenvalue weighted by Crippen LogP contribution is -2.48. The average molecular weight is 362 g/mol. The minimum Gasteiger partial charge on any atom is -0.479 e. The first kappa shape index (κ1) is 18.8. The monoisotopic (exact) mass is 362 g/mol. The molecule has 0 aliphatic rings. The van der Waals surface area contributed by atoms with E-state index in [0.717, 1.165) is 5.56 Å². The Bertz CT molecular complexity index is 808. The van der Waals surface area contributed by atoms with Crippen LogP contribution >= 0.6 is 0 Å². The third-order valence-corrected chi connectivity index (χ3v) is 4.59. The summed E-state index contributed by atoms with van der Waals surface area (Å²) in [5.41, 5.74) is 0.777. The summed E-state index contributed by atoms with van der Waals surface area (Å²) in [6, 6.07) is 27.9. The highest BCUT2D eigenvalue weighted by molar-refractivity contribution is 5.75. The lowest BCUT2D eigenvalue weighted by Gasteiger charge is -2.37. The Morgan fingerprint density at radius 1 is 0.815 bits per heavy atom. The molecule has 0 saturated heterocycles. The summed E-state index contributed by atoms with van der Waals surface area (Å²) in [5, 5.41) is 20.3. The van der Waals surface area contributed by atoms with Crippen LogP contribution in [0.4, 0.5) is 0 Å². The molecule has 0 spiro atoms. The number of rotatable bonds is 8. The van der Waals surface area contributed by atoms with Crippen LogP contribution in [-0.2, 0) is 21.6 Å². The van der Waals surface area contributed by atoms with Crippen LogP contribution in [0.15, 0.2) is 91.0 Å². The second-order valence-electron chi connectivity index (χ2n) is 6.29. The molecule has 27 heavy (non-hydrogen) atoms. The number of carbonyl (C=O) groups is 1. The van der Waals surface area contributed by atoms with E-state index in [1.165, 1.54) is 0 Å². The van der Waals surface area contributed by atoms with Crippen molar-refractivity contribution in [1.82, 2.24) is 0 Å². The third-order valence-electron chi connectivity index (χ3n) is 4.59. The van der Waals surface area contributed by atoms with Crippen LogP contribution in [0.3, 0.4) is 0 Å². The van der Waals surface area contributed by atoms with Crippen molar-refractivity contribution in [3.8, 4) is 0 Å². The van der Waals surface area contributed by atoms with Gasteiger partial charge in [-0.3, -0.25) is 0 Å². The van der Waals surface area contributed by atoms with Gasteiger partial charge in [0.2, 0.25) is 0 Å². The van der Waals surface area contributed by atoms with E-state index in [-0.39, 0.29) is 6.61 Å². The predicted octanol–water partition coefficient (Wildman–Crippen LogP) is 3.64. The summed E-state index contributed by atoms with van der Waals surface area (Å²) < 4.78 is 6.20. The van der Waals surface area contributed by atoms with E-state index in [9.17, 15) is 15.0 Å². The zero-order valence-corrected chi connectivity index (χ0v) is 14.9. The van der Waals surface area contributed by atoms with E-state index in [4.69, 9.17) is 4.74 Å². The maximum Gasteiger partial charge on any atom is 0.336 e. The Labute approximate surface area is 158 Å². The van der Waals surface area contributed by atoms with Crippen molar-refractivity contribution < 1.29 is 19.7 Å². The van der Waals surface area contributed by atoms with Crippen molar-refractivity contribution in [3.63, 3.8) is 0 Å². The topological polar surface area (TPSA) is 66.8 Å². The maximum atomic E-state index is 11.8. The molecule has 4 heteroatoms. The van der Waals surface area contributed by atoms with Gasteiger partial charge in [-0.15, -0.1) is 0 Å². The largest absolute Gasteiger partial charge is 0.479 e. The molecule has 3 rings (SSSR count). The smallest absolute Gasteiger partial charge is 0.336 e. The SMILES string of the molecule is O=C(O)C(O)C(OCCc1ccccc1)(c1ccccc1)c1ccccc1.